The van der Waals surface area contributed by atoms with Gasteiger partial charge in [0.25, 0.3) is 0 Å². The first-order chi connectivity index (χ1) is 7.13. The van der Waals surface area contributed by atoms with Crippen molar-refractivity contribution in [3.05, 3.63) is 36.0 Å². The molecule has 1 nitrogen and oxygen atoms in total. The number of hydrogen-bond donors (Lipinski definition) is 1. The van der Waals surface area contributed by atoms with Gasteiger partial charge in [0.2, 0.25) is 0 Å². The van der Waals surface area contributed by atoms with E-state index in [2.05, 4.69) is 6.58 Å². The molecule has 0 atom stereocenters. The first kappa shape index (κ1) is 19.5. The zero-order chi connectivity index (χ0) is 12.9. The molecule has 0 aliphatic carbocycles. The molecule has 0 bridgehead atoms. The first-order valence-corrected chi connectivity index (χ1v) is 5.65. The van der Waals surface area contributed by atoms with Gasteiger partial charge in [0.1, 0.15) is 0 Å². The van der Waals surface area contributed by atoms with Crippen LogP contribution >= 0.6 is 0 Å². The highest BCUT2D eigenvalue weighted by Crippen LogP contribution is 2.07. The fourth-order valence-electron chi connectivity index (χ4n) is 0.829. The minimum absolute atomic E-state index is 0.584. The second kappa shape index (κ2) is 15.4. The smallest absolute Gasteiger partial charge is 0.0357 e. The van der Waals surface area contributed by atoms with Crippen molar-refractivity contribution in [2.24, 2.45) is 0 Å². The number of hydrogen-bond acceptors (Lipinski definition) is 1. The van der Waals surface area contributed by atoms with Gasteiger partial charge in [-0.3, -0.25) is 0 Å². The maximum Gasteiger partial charge on any atom is 0.0357 e. The van der Waals surface area contributed by atoms with E-state index in [0.717, 1.165) is 11.1 Å². The van der Waals surface area contributed by atoms with Crippen molar-refractivity contribution >= 4 is 5.71 Å². The molecule has 0 aromatic heterocycles. The molecule has 15 heavy (non-hydrogen) atoms. The summed E-state index contributed by atoms with van der Waals surface area (Å²) >= 11 is 0. The second-order valence-electron chi connectivity index (χ2n) is 2.43. The van der Waals surface area contributed by atoms with E-state index in [9.17, 15) is 0 Å². The maximum atomic E-state index is 7.43. The predicted octanol–water partition coefficient (Wildman–Crippen LogP) is 5.16. The van der Waals surface area contributed by atoms with Gasteiger partial charge in [-0.15, -0.1) is 0 Å². The Balaban J connectivity index is -0.000000318. The Morgan fingerprint density at radius 1 is 1.07 bits per heavy atom. The quantitative estimate of drug-likeness (QED) is 0.490. The minimum atomic E-state index is 0.584. The Morgan fingerprint density at radius 2 is 1.47 bits per heavy atom. The van der Waals surface area contributed by atoms with Crippen LogP contribution in [0.2, 0.25) is 0 Å². The van der Waals surface area contributed by atoms with Gasteiger partial charge < -0.3 is 5.41 Å². The normalized spacial score (nSPS) is 10.3. The van der Waals surface area contributed by atoms with Gasteiger partial charge in [-0.1, -0.05) is 52.5 Å². The van der Waals surface area contributed by atoms with Crippen molar-refractivity contribution < 1.29 is 0 Å². The fraction of sp³-hybridized carbons (Fsp3) is 0.500. The molecule has 88 valence electrons. The third kappa shape index (κ3) is 10.8. The lowest BCUT2D eigenvalue weighted by molar-refractivity contribution is 1.40. The van der Waals surface area contributed by atoms with Crippen LogP contribution in [0.15, 0.2) is 36.0 Å². The molecule has 0 fully saturated rings. The van der Waals surface area contributed by atoms with Gasteiger partial charge in [0.15, 0.2) is 0 Å². The van der Waals surface area contributed by atoms with E-state index in [1.54, 1.807) is 13.0 Å². The van der Waals surface area contributed by atoms with Crippen LogP contribution in [0.1, 0.15) is 48.5 Å². The molecular formula is C14H27N. The molecule has 0 rings (SSSR count). The van der Waals surface area contributed by atoms with E-state index in [4.69, 9.17) is 5.41 Å². The molecule has 0 unspecified atom stereocenters. The monoisotopic (exact) mass is 209 g/mol. The summed E-state index contributed by atoms with van der Waals surface area (Å²) in [4.78, 5) is 0. The highest BCUT2D eigenvalue weighted by molar-refractivity contribution is 5.99. The summed E-state index contributed by atoms with van der Waals surface area (Å²) in [6.45, 7) is 17.3. The summed E-state index contributed by atoms with van der Waals surface area (Å²) in [5, 5.41) is 7.43. The Labute approximate surface area is 96.1 Å². The van der Waals surface area contributed by atoms with Gasteiger partial charge in [-0.05, 0) is 31.9 Å². The molecule has 0 aromatic rings. The predicted molar refractivity (Wildman–Crippen MR) is 73.8 cm³/mol. The van der Waals surface area contributed by atoms with Crippen LogP contribution in [0.5, 0.6) is 0 Å². The molecule has 0 heterocycles. The third-order valence-corrected chi connectivity index (χ3v) is 1.47. The number of nitrogens with one attached hydrogen (secondary N) is 1. The van der Waals surface area contributed by atoms with Gasteiger partial charge in [-0.25, -0.2) is 0 Å². The molecule has 0 aromatic carbocycles. The molecule has 0 radical (unpaired) electrons. The van der Waals surface area contributed by atoms with Gasteiger partial charge in [0.05, 0.1) is 0 Å². The zero-order valence-corrected chi connectivity index (χ0v) is 11.4. The summed E-state index contributed by atoms with van der Waals surface area (Å²) in [6.07, 6.45) is 5.63. The third-order valence-electron chi connectivity index (χ3n) is 1.47. The Morgan fingerprint density at radius 3 is 1.67 bits per heavy atom. The Bertz CT molecular complexity index is 219. The van der Waals surface area contributed by atoms with Crippen LogP contribution < -0.4 is 0 Å². The summed E-state index contributed by atoms with van der Waals surface area (Å²) in [6, 6.07) is 0. The standard InChI is InChI=1S/C10H15N.2C2H6/c1-5-7-10(9(4)11)8(3)6-2;2*1-2/h5-7,11H,2H2,1,3-4H3;2*1-2H3/b7-5-,10-8-,11-9?;;. The maximum absolute atomic E-state index is 7.43. The lowest BCUT2D eigenvalue weighted by Gasteiger charge is -2.01. The molecule has 0 saturated carbocycles. The van der Waals surface area contributed by atoms with E-state index < -0.39 is 0 Å². The van der Waals surface area contributed by atoms with Crippen molar-refractivity contribution in [3.8, 4) is 0 Å². The van der Waals surface area contributed by atoms with Crippen LogP contribution in [-0.2, 0) is 0 Å². The number of allylic oxidation sites excluding steroid dienone is 5. The average molecular weight is 209 g/mol. The molecule has 0 saturated heterocycles. The molecule has 0 amide bonds. The SMILES string of the molecule is C=C/C(C)=C(/C=C\C)C(C)=N.CC.CC. The lowest BCUT2D eigenvalue weighted by atomic mass is 10.1. The summed E-state index contributed by atoms with van der Waals surface area (Å²) in [5.41, 5.74) is 2.60. The second-order valence-corrected chi connectivity index (χ2v) is 2.43. The van der Waals surface area contributed by atoms with E-state index in [1.807, 2.05) is 53.7 Å². The Kier molecular flexibility index (Phi) is 19.9. The minimum Gasteiger partial charge on any atom is -0.305 e. The van der Waals surface area contributed by atoms with Gasteiger partial charge in [0, 0.05) is 5.71 Å². The van der Waals surface area contributed by atoms with Crippen LogP contribution in [0.3, 0.4) is 0 Å². The van der Waals surface area contributed by atoms with Crippen LogP contribution in [0.4, 0.5) is 0 Å². The van der Waals surface area contributed by atoms with E-state index in [1.165, 1.54) is 0 Å². The number of rotatable bonds is 3. The van der Waals surface area contributed by atoms with Crippen molar-refractivity contribution in [1.82, 2.24) is 0 Å². The first-order valence-electron chi connectivity index (χ1n) is 5.65. The lowest BCUT2D eigenvalue weighted by Crippen LogP contribution is -1.94. The van der Waals surface area contributed by atoms with Gasteiger partial charge in [-0.2, -0.15) is 0 Å². The van der Waals surface area contributed by atoms with Crippen molar-refractivity contribution in [2.75, 3.05) is 0 Å². The average Bonchev–Trinajstić information content (AvgIpc) is 2.30. The summed E-state index contributed by atoms with van der Waals surface area (Å²) in [5.74, 6) is 0. The topological polar surface area (TPSA) is 23.9 Å². The fourth-order valence-corrected chi connectivity index (χ4v) is 0.829. The van der Waals surface area contributed by atoms with E-state index >= 15 is 0 Å². The summed E-state index contributed by atoms with van der Waals surface area (Å²) < 4.78 is 0. The molecule has 1 heteroatoms. The van der Waals surface area contributed by atoms with Crippen LogP contribution in [0, 0.1) is 5.41 Å². The molecule has 0 aliphatic rings. The molecule has 0 aliphatic heterocycles. The largest absolute Gasteiger partial charge is 0.305 e. The molecule has 0 spiro atoms. The highest BCUT2D eigenvalue weighted by atomic mass is 14.4. The Hall–Kier alpha value is -1.11. The van der Waals surface area contributed by atoms with Gasteiger partial charge >= 0.3 is 0 Å². The van der Waals surface area contributed by atoms with Crippen LogP contribution in [-0.4, -0.2) is 5.71 Å². The summed E-state index contributed by atoms with van der Waals surface area (Å²) in [7, 11) is 0. The molecule has 1 N–H and O–H groups in total. The van der Waals surface area contributed by atoms with E-state index in [-0.39, 0.29) is 0 Å². The van der Waals surface area contributed by atoms with Crippen molar-refractivity contribution in [1.29, 1.82) is 5.41 Å². The highest BCUT2D eigenvalue weighted by Gasteiger charge is 1.96. The van der Waals surface area contributed by atoms with Crippen molar-refractivity contribution in [2.45, 2.75) is 48.5 Å². The molecular weight excluding hydrogens is 182 g/mol. The van der Waals surface area contributed by atoms with Crippen LogP contribution in [0.25, 0.3) is 0 Å². The van der Waals surface area contributed by atoms with Crippen molar-refractivity contribution in [3.63, 3.8) is 0 Å². The van der Waals surface area contributed by atoms with E-state index in [0.29, 0.717) is 5.71 Å². The zero-order valence-electron chi connectivity index (χ0n) is 11.4.